The van der Waals surface area contributed by atoms with Gasteiger partial charge in [0.25, 0.3) is 5.91 Å². The van der Waals surface area contributed by atoms with Crippen LogP contribution in [0.3, 0.4) is 0 Å². The number of rotatable bonds is 6. The van der Waals surface area contributed by atoms with Crippen LogP contribution in [0.4, 0.5) is 5.69 Å². The van der Waals surface area contributed by atoms with Crippen LogP contribution in [0.15, 0.2) is 71.3 Å². The van der Waals surface area contributed by atoms with E-state index >= 15 is 0 Å². The standard InChI is InChI=1S/C22H19ClN2O3/c23-17-8-6-16(7-9-17)22(10-11-22)21(27)24-14-15-3-1-4-18(13-15)25-20(26)19-5-2-12-28-19/h1-9,12-13H,10-11,14H2,(H,24,27)(H,25,26). The number of anilines is 1. The number of carbonyl (C=O) groups excluding carboxylic acids is 2. The fourth-order valence-corrected chi connectivity index (χ4v) is 3.38. The number of carbonyl (C=O) groups is 2. The summed E-state index contributed by atoms with van der Waals surface area (Å²) < 4.78 is 5.09. The van der Waals surface area contributed by atoms with Crippen molar-refractivity contribution in [1.82, 2.24) is 5.32 Å². The fourth-order valence-electron chi connectivity index (χ4n) is 3.25. The zero-order valence-corrected chi connectivity index (χ0v) is 15.8. The highest BCUT2D eigenvalue weighted by molar-refractivity contribution is 6.30. The minimum absolute atomic E-state index is 0.0137. The lowest BCUT2D eigenvalue weighted by Crippen LogP contribution is -2.34. The highest BCUT2D eigenvalue weighted by Crippen LogP contribution is 2.48. The van der Waals surface area contributed by atoms with Gasteiger partial charge >= 0.3 is 0 Å². The van der Waals surface area contributed by atoms with E-state index in [-0.39, 0.29) is 17.6 Å². The van der Waals surface area contributed by atoms with Gasteiger partial charge < -0.3 is 15.1 Å². The van der Waals surface area contributed by atoms with E-state index in [0.717, 1.165) is 24.0 Å². The molecule has 0 spiro atoms. The van der Waals surface area contributed by atoms with E-state index in [0.29, 0.717) is 17.3 Å². The molecule has 0 unspecified atom stereocenters. The van der Waals surface area contributed by atoms with E-state index in [1.54, 1.807) is 18.2 Å². The monoisotopic (exact) mass is 394 g/mol. The molecule has 0 atom stereocenters. The van der Waals surface area contributed by atoms with Crippen LogP contribution in [0, 0.1) is 0 Å². The quantitative estimate of drug-likeness (QED) is 0.645. The van der Waals surface area contributed by atoms with Gasteiger partial charge in [0.15, 0.2) is 5.76 Å². The molecule has 3 aromatic rings. The summed E-state index contributed by atoms with van der Waals surface area (Å²) in [6.07, 6.45) is 3.12. The molecule has 1 aliphatic carbocycles. The SMILES string of the molecule is O=C(Nc1cccc(CNC(=O)C2(c3ccc(Cl)cc3)CC2)c1)c1ccco1. The van der Waals surface area contributed by atoms with E-state index in [2.05, 4.69) is 10.6 Å². The highest BCUT2D eigenvalue weighted by atomic mass is 35.5. The molecular formula is C22H19ClN2O3. The van der Waals surface area contributed by atoms with Gasteiger partial charge in [-0.25, -0.2) is 0 Å². The number of amides is 2. The van der Waals surface area contributed by atoms with Crippen LogP contribution in [-0.2, 0) is 16.8 Å². The molecule has 0 radical (unpaired) electrons. The fraction of sp³-hybridized carbons (Fsp3) is 0.182. The van der Waals surface area contributed by atoms with Gasteiger partial charge in [0.2, 0.25) is 5.91 Å². The van der Waals surface area contributed by atoms with Gasteiger partial charge in [0.05, 0.1) is 11.7 Å². The minimum Gasteiger partial charge on any atom is -0.459 e. The van der Waals surface area contributed by atoms with Crippen molar-refractivity contribution in [1.29, 1.82) is 0 Å². The Morgan fingerprint density at radius 3 is 2.50 bits per heavy atom. The molecule has 1 saturated carbocycles. The van der Waals surface area contributed by atoms with Crippen LogP contribution in [0.5, 0.6) is 0 Å². The summed E-state index contributed by atoms with van der Waals surface area (Å²) in [5.41, 5.74) is 2.09. The molecule has 6 heteroatoms. The molecule has 0 bridgehead atoms. The number of hydrogen-bond donors (Lipinski definition) is 2. The first kappa shape index (κ1) is 18.3. The summed E-state index contributed by atoms with van der Waals surface area (Å²) in [5, 5.41) is 6.47. The van der Waals surface area contributed by atoms with Crippen molar-refractivity contribution in [2.24, 2.45) is 0 Å². The number of benzene rings is 2. The number of nitrogens with one attached hydrogen (secondary N) is 2. The molecule has 1 aliphatic rings. The predicted octanol–water partition coefficient (Wildman–Crippen LogP) is 4.53. The second kappa shape index (κ2) is 7.52. The van der Waals surface area contributed by atoms with Gasteiger partial charge in [-0.2, -0.15) is 0 Å². The summed E-state index contributed by atoms with van der Waals surface area (Å²) in [6.45, 7) is 0.388. The van der Waals surface area contributed by atoms with Crippen LogP contribution in [-0.4, -0.2) is 11.8 Å². The summed E-state index contributed by atoms with van der Waals surface area (Å²) in [4.78, 5) is 24.9. The van der Waals surface area contributed by atoms with E-state index in [1.165, 1.54) is 6.26 Å². The van der Waals surface area contributed by atoms with Crippen LogP contribution >= 0.6 is 11.6 Å². The van der Waals surface area contributed by atoms with Crippen molar-refractivity contribution in [3.8, 4) is 0 Å². The molecule has 1 aromatic heterocycles. The summed E-state index contributed by atoms with van der Waals surface area (Å²) in [7, 11) is 0. The van der Waals surface area contributed by atoms with Gasteiger partial charge in [-0.3, -0.25) is 9.59 Å². The normalized spacial score (nSPS) is 14.3. The van der Waals surface area contributed by atoms with Gasteiger partial charge in [0, 0.05) is 17.3 Å². The van der Waals surface area contributed by atoms with E-state index in [1.807, 2.05) is 42.5 Å². The van der Waals surface area contributed by atoms with Crippen molar-refractivity contribution in [3.05, 3.63) is 88.8 Å². The molecule has 2 aromatic carbocycles. The lowest BCUT2D eigenvalue weighted by molar-refractivity contribution is -0.123. The molecule has 0 aliphatic heterocycles. The second-order valence-electron chi connectivity index (χ2n) is 6.90. The van der Waals surface area contributed by atoms with Crippen molar-refractivity contribution in [2.45, 2.75) is 24.8 Å². The van der Waals surface area contributed by atoms with Crippen molar-refractivity contribution >= 4 is 29.1 Å². The van der Waals surface area contributed by atoms with E-state index in [4.69, 9.17) is 16.0 Å². The average molecular weight is 395 g/mol. The maximum absolute atomic E-state index is 12.8. The average Bonchev–Trinajstić information content (AvgIpc) is 3.32. The van der Waals surface area contributed by atoms with Crippen LogP contribution in [0.1, 0.15) is 34.5 Å². The molecule has 4 rings (SSSR count). The van der Waals surface area contributed by atoms with Gasteiger partial charge in [-0.15, -0.1) is 0 Å². The third-order valence-corrected chi connectivity index (χ3v) is 5.22. The molecular weight excluding hydrogens is 376 g/mol. The van der Waals surface area contributed by atoms with Gasteiger partial charge in [-0.1, -0.05) is 35.9 Å². The molecule has 2 amide bonds. The third-order valence-electron chi connectivity index (χ3n) is 4.96. The zero-order chi connectivity index (χ0) is 19.6. The second-order valence-corrected chi connectivity index (χ2v) is 7.34. The topological polar surface area (TPSA) is 71.3 Å². The minimum atomic E-state index is -0.449. The maximum atomic E-state index is 12.8. The Kier molecular flexibility index (Phi) is 4.92. The van der Waals surface area contributed by atoms with Crippen molar-refractivity contribution in [3.63, 3.8) is 0 Å². The summed E-state index contributed by atoms with van der Waals surface area (Å²) in [6, 6.07) is 18.1. The van der Waals surface area contributed by atoms with Crippen molar-refractivity contribution < 1.29 is 14.0 Å². The summed E-state index contributed by atoms with van der Waals surface area (Å²) in [5.74, 6) is -0.0527. The largest absolute Gasteiger partial charge is 0.459 e. The molecule has 0 saturated heterocycles. The third kappa shape index (κ3) is 3.80. The first-order valence-electron chi connectivity index (χ1n) is 9.05. The Balaban J connectivity index is 1.39. The highest BCUT2D eigenvalue weighted by Gasteiger charge is 2.51. The Labute approximate surface area is 167 Å². The molecule has 5 nitrogen and oxygen atoms in total. The van der Waals surface area contributed by atoms with Crippen LogP contribution < -0.4 is 10.6 Å². The lowest BCUT2D eigenvalue weighted by Gasteiger charge is -2.16. The van der Waals surface area contributed by atoms with Crippen LogP contribution in [0.25, 0.3) is 0 Å². The van der Waals surface area contributed by atoms with Crippen molar-refractivity contribution in [2.75, 3.05) is 5.32 Å². The smallest absolute Gasteiger partial charge is 0.291 e. The molecule has 1 fully saturated rings. The molecule has 28 heavy (non-hydrogen) atoms. The summed E-state index contributed by atoms with van der Waals surface area (Å²) >= 11 is 5.95. The Morgan fingerprint density at radius 2 is 1.82 bits per heavy atom. The van der Waals surface area contributed by atoms with E-state index in [9.17, 15) is 9.59 Å². The molecule has 1 heterocycles. The van der Waals surface area contributed by atoms with E-state index < -0.39 is 5.41 Å². The van der Waals surface area contributed by atoms with Gasteiger partial charge in [-0.05, 0) is 60.4 Å². The first-order valence-corrected chi connectivity index (χ1v) is 9.43. The number of furan rings is 1. The Hall–Kier alpha value is -3.05. The molecule has 2 N–H and O–H groups in total. The van der Waals surface area contributed by atoms with Gasteiger partial charge in [0.1, 0.15) is 0 Å². The first-order chi connectivity index (χ1) is 13.6. The number of hydrogen-bond acceptors (Lipinski definition) is 3. The Bertz CT molecular complexity index is 993. The number of halogens is 1. The predicted molar refractivity (Wildman–Crippen MR) is 107 cm³/mol. The lowest BCUT2D eigenvalue weighted by atomic mass is 9.95. The molecule has 142 valence electrons. The zero-order valence-electron chi connectivity index (χ0n) is 15.1. The van der Waals surface area contributed by atoms with Crippen LogP contribution in [0.2, 0.25) is 5.02 Å². The Morgan fingerprint density at radius 1 is 1.04 bits per heavy atom. The maximum Gasteiger partial charge on any atom is 0.291 e.